The van der Waals surface area contributed by atoms with Crippen LogP contribution in [0.2, 0.25) is 10.0 Å². The quantitative estimate of drug-likeness (QED) is 0.216. The second-order valence-corrected chi connectivity index (χ2v) is 10.7. The van der Waals surface area contributed by atoms with Gasteiger partial charge in [-0.1, -0.05) is 35.3 Å². The molecule has 0 unspecified atom stereocenters. The summed E-state index contributed by atoms with van der Waals surface area (Å²) in [5.41, 5.74) is 11.3. The lowest BCUT2D eigenvalue weighted by molar-refractivity contribution is 0.102. The molecule has 1 amide bonds. The first-order chi connectivity index (χ1) is 20.9. The monoisotopic (exact) mass is 614 g/mol. The Kier molecular flexibility index (Phi) is 8.13. The Hall–Kier alpha value is -4.66. The third kappa shape index (κ3) is 6.26. The van der Waals surface area contributed by atoms with Crippen LogP contribution in [-0.2, 0) is 12.8 Å². The Morgan fingerprint density at radius 2 is 1.37 bits per heavy atom. The fourth-order valence-corrected chi connectivity index (χ4v) is 5.44. The zero-order valence-electron chi connectivity index (χ0n) is 22.7. The van der Waals surface area contributed by atoms with Gasteiger partial charge in [-0.3, -0.25) is 4.79 Å². The number of rotatable bonds is 4. The van der Waals surface area contributed by atoms with E-state index in [9.17, 15) is 9.18 Å². The third-order valence-corrected chi connectivity index (χ3v) is 7.72. The fraction of sp³-hybridized carbons (Fsp3) is 0.121. The molecule has 0 saturated carbocycles. The topological polar surface area (TPSA) is 99.4 Å². The van der Waals surface area contributed by atoms with E-state index in [-0.39, 0.29) is 5.56 Å². The molecule has 7 nitrogen and oxygen atoms in total. The SMILES string of the molecule is Nc1ccc(-c2cc3c(cc2Cl)CCO3)cn1.O=C(Nc1ccc(-c2cc3c(cc2Cl)CCO3)cn1)c1ccccc1F. The molecule has 2 aromatic heterocycles. The zero-order chi connectivity index (χ0) is 29.9. The lowest BCUT2D eigenvalue weighted by Crippen LogP contribution is -2.14. The minimum atomic E-state index is -0.577. The van der Waals surface area contributed by atoms with E-state index in [4.69, 9.17) is 38.4 Å². The van der Waals surface area contributed by atoms with Crippen LogP contribution in [0.4, 0.5) is 16.0 Å². The van der Waals surface area contributed by atoms with Crippen LogP contribution in [-0.4, -0.2) is 29.1 Å². The number of halogens is 3. The highest BCUT2D eigenvalue weighted by Crippen LogP contribution is 2.38. The number of carbonyl (C=O) groups excluding carboxylic acids is 1. The van der Waals surface area contributed by atoms with E-state index < -0.39 is 11.7 Å². The van der Waals surface area contributed by atoms with Crippen molar-refractivity contribution in [1.82, 2.24) is 9.97 Å². The minimum absolute atomic E-state index is 0.0304. The van der Waals surface area contributed by atoms with Crippen LogP contribution < -0.4 is 20.5 Å². The van der Waals surface area contributed by atoms with Gasteiger partial charge in [0.1, 0.15) is 29.0 Å². The number of pyridine rings is 2. The van der Waals surface area contributed by atoms with Crippen molar-refractivity contribution < 1.29 is 18.7 Å². The summed E-state index contributed by atoms with van der Waals surface area (Å²) < 4.78 is 24.8. The van der Waals surface area contributed by atoms with Crippen molar-refractivity contribution in [2.75, 3.05) is 24.3 Å². The van der Waals surface area contributed by atoms with Gasteiger partial charge in [0, 0.05) is 57.5 Å². The van der Waals surface area contributed by atoms with Gasteiger partial charge >= 0.3 is 0 Å². The van der Waals surface area contributed by atoms with Crippen LogP contribution in [0.15, 0.2) is 85.2 Å². The Balaban J connectivity index is 0.000000167. The lowest BCUT2D eigenvalue weighted by atomic mass is 10.0. The number of amides is 1. The Bertz CT molecular complexity index is 1820. The maximum Gasteiger partial charge on any atom is 0.259 e. The van der Waals surface area contributed by atoms with Crippen LogP contribution in [0.1, 0.15) is 21.5 Å². The highest BCUT2D eigenvalue weighted by atomic mass is 35.5. The highest BCUT2D eigenvalue weighted by Gasteiger charge is 2.18. The molecule has 0 aliphatic carbocycles. The van der Waals surface area contributed by atoms with Crippen molar-refractivity contribution in [2.24, 2.45) is 0 Å². The third-order valence-electron chi connectivity index (χ3n) is 7.09. The Labute approximate surface area is 257 Å². The van der Waals surface area contributed by atoms with Gasteiger partial charge in [0.2, 0.25) is 0 Å². The summed E-state index contributed by atoms with van der Waals surface area (Å²) in [5, 5.41) is 3.93. The molecule has 3 aromatic carbocycles. The number of carbonyl (C=O) groups is 1. The number of nitrogen functional groups attached to an aromatic ring is 1. The fourth-order valence-electron chi connectivity index (χ4n) is 4.85. The molecule has 7 rings (SSSR count). The number of ether oxygens (including phenoxy) is 2. The van der Waals surface area contributed by atoms with Gasteiger partial charge in [0.25, 0.3) is 5.91 Å². The number of anilines is 2. The molecule has 10 heteroatoms. The van der Waals surface area contributed by atoms with Crippen molar-refractivity contribution in [3.05, 3.63) is 118 Å². The summed E-state index contributed by atoms with van der Waals surface area (Å²) >= 11 is 12.6. The molecule has 216 valence electrons. The maximum absolute atomic E-state index is 13.7. The van der Waals surface area contributed by atoms with Gasteiger partial charge in [-0.15, -0.1) is 0 Å². The van der Waals surface area contributed by atoms with Gasteiger partial charge < -0.3 is 20.5 Å². The molecule has 43 heavy (non-hydrogen) atoms. The van der Waals surface area contributed by atoms with Crippen molar-refractivity contribution in [3.8, 4) is 33.8 Å². The van der Waals surface area contributed by atoms with E-state index in [2.05, 4.69) is 15.3 Å². The number of nitrogens with two attached hydrogens (primary N) is 1. The molecule has 5 aromatic rings. The first-order valence-electron chi connectivity index (χ1n) is 13.5. The van der Waals surface area contributed by atoms with Crippen molar-refractivity contribution in [3.63, 3.8) is 0 Å². The van der Waals surface area contributed by atoms with Crippen molar-refractivity contribution >= 4 is 40.7 Å². The summed E-state index contributed by atoms with van der Waals surface area (Å²) in [6.07, 6.45) is 5.11. The van der Waals surface area contributed by atoms with Crippen LogP contribution in [0, 0.1) is 5.82 Å². The first-order valence-corrected chi connectivity index (χ1v) is 14.3. The predicted molar refractivity (Wildman–Crippen MR) is 167 cm³/mol. The molecule has 0 fully saturated rings. The average Bonchev–Trinajstić information content (AvgIpc) is 3.66. The maximum atomic E-state index is 13.7. The van der Waals surface area contributed by atoms with Crippen LogP contribution >= 0.6 is 23.2 Å². The summed E-state index contributed by atoms with van der Waals surface area (Å²) in [4.78, 5) is 20.4. The molecule has 4 heterocycles. The number of nitrogens with one attached hydrogen (secondary N) is 1. The highest BCUT2D eigenvalue weighted by molar-refractivity contribution is 6.34. The van der Waals surface area contributed by atoms with E-state index in [0.717, 1.165) is 63.8 Å². The van der Waals surface area contributed by atoms with Gasteiger partial charge in [-0.2, -0.15) is 0 Å². The smallest absolute Gasteiger partial charge is 0.259 e. The second kappa shape index (κ2) is 12.3. The number of hydrogen-bond acceptors (Lipinski definition) is 6. The molecule has 0 saturated heterocycles. The van der Waals surface area contributed by atoms with Gasteiger partial charge in [-0.05, 0) is 71.8 Å². The van der Waals surface area contributed by atoms with E-state index >= 15 is 0 Å². The molecular weight excluding hydrogens is 590 g/mol. The molecular formula is C33H25Cl2FN4O3. The van der Waals surface area contributed by atoms with E-state index in [1.54, 1.807) is 36.7 Å². The number of nitrogens with zero attached hydrogens (tertiary/aromatic N) is 2. The average molecular weight is 615 g/mol. The van der Waals surface area contributed by atoms with Gasteiger partial charge in [0.15, 0.2) is 0 Å². The molecule has 2 aliphatic heterocycles. The number of aromatic nitrogens is 2. The van der Waals surface area contributed by atoms with Crippen LogP contribution in [0.5, 0.6) is 11.5 Å². The van der Waals surface area contributed by atoms with E-state index in [0.29, 0.717) is 23.3 Å². The van der Waals surface area contributed by atoms with E-state index in [1.807, 2.05) is 30.3 Å². The molecule has 0 bridgehead atoms. The minimum Gasteiger partial charge on any atom is -0.493 e. The summed E-state index contributed by atoms with van der Waals surface area (Å²) in [7, 11) is 0. The van der Waals surface area contributed by atoms with Crippen LogP contribution in [0.25, 0.3) is 22.3 Å². The summed E-state index contributed by atoms with van der Waals surface area (Å²) in [5.74, 6) is 1.46. The predicted octanol–water partition coefficient (Wildman–Crippen LogP) is 7.65. The molecule has 3 N–H and O–H groups in total. The Morgan fingerprint density at radius 3 is 1.91 bits per heavy atom. The van der Waals surface area contributed by atoms with Crippen molar-refractivity contribution in [2.45, 2.75) is 12.8 Å². The van der Waals surface area contributed by atoms with E-state index in [1.165, 1.54) is 23.8 Å². The Morgan fingerprint density at radius 1 is 0.791 bits per heavy atom. The first kappa shape index (κ1) is 28.5. The normalized spacial score (nSPS) is 12.7. The largest absolute Gasteiger partial charge is 0.493 e. The second-order valence-electron chi connectivity index (χ2n) is 9.91. The molecule has 2 aliphatic rings. The zero-order valence-corrected chi connectivity index (χ0v) is 24.3. The molecule has 0 atom stereocenters. The summed E-state index contributed by atoms with van der Waals surface area (Å²) in [6.45, 7) is 1.39. The van der Waals surface area contributed by atoms with Crippen molar-refractivity contribution in [1.29, 1.82) is 0 Å². The van der Waals surface area contributed by atoms with Gasteiger partial charge in [0.05, 0.1) is 18.8 Å². The molecule has 0 spiro atoms. The summed E-state index contributed by atoms with van der Waals surface area (Å²) in [6, 6.07) is 20.7. The lowest BCUT2D eigenvalue weighted by Gasteiger charge is -2.09. The standard InChI is InChI=1S/C20H14ClFN2O2.C13H11ClN2O/c21-16-9-12-7-8-26-18(12)10-15(16)13-5-6-19(23-11-13)24-20(25)14-3-1-2-4-17(14)22;14-11-5-8-3-4-17-12(8)6-10(11)9-1-2-13(15)16-7-9/h1-6,9-11H,7-8H2,(H,23,24,25);1-2,5-7H,3-4H2,(H2,15,16). The number of hydrogen-bond donors (Lipinski definition) is 2. The van der Waals surface area contributed by atoms with Crippen LogP contribution in [0.3, 0.4) is 0 Å². The van der Waals surface area contributed by atoms with Gasteiger partial charge in [-0.25, -0.2) is 14.4 Å². The number of benzene rings is 3. The number of fused-ring (bicyclic) bond motifs is 2. The molecule has 0 radical (unpaired) electrons.